The third-order valence-corrected chi connectivity index (χ3v) is 5.59. The molecule has 1 saturated carbocycles. The molecule has 176 valence electrons. The molecule has 2 heterocycles. The number of carbonyl (C=O) groups is 1. The second-order valence-electron chi connectivity index (χ2n) is 9.95. The SMILES string of the molecule is C[C@@H](COC1CCN(c2nc3ccc(OCC4CC4)cc3o2)CC1)NC(=O)OC(C)(C)C. The summed E-state index contributed by atoms with van der Waals surface area (Å²) in [6.07, 6.45) is 4.05. The van der Waals surface area contributed by atoms with Crippen molar-refractivity contribution >= 4 is 23.2 Å². The van der Waals surface area contributed by atoms with Crippen molar-refractivity contribution in [3.8, 4) is 5.75 Å². The molecule has 0 radical (unpaired) electrons. The number of nitrogens with zero attached hydrogens (tertiary/aromatic N) is 2. The Labute approximate surface area is 189 Å². The summed E-state index contributed by atoms with van der Waals surface area (Å²) in [7, 11) is 0. The smallest absolute Gasteiger partial charge is 0.407 e. The Hall–Kier alpha value is -2.48. The van der Waals surface area contributed by atoms with Gasteiger partial charge in [-0.05, 0) is 71.4 Å². The van der Waals surface area contributed by atoms with Crippen LogP contribution in [0.4, 0.5) is 10.8 Å². The Morgan fingerprint density at radius 3 is 2.69 bits per heavy atom. The number of benzene rings is 1. The number of aromatic nitrogens is 1. The molecule has 4 rings (SSSR count). The Bertz CT molecular complexity index is 910. The summed E-state index contributed by atoms with van der Waals surface area (Å²) in [4.78, 5) is 18.7. The van der Waals surface area contributed by atoms with Crippen LogP contribution in [-0.4, -0.2) is 55.1 Å². The van der Waals surface area contributed by atoms with Gasteiger partial charge in [-0.15, -0.1) is 0 Å². The van der Waals surface area contributed by atoms with Crippen molar-refractivity contribution in [2.24, 2.45) is 5.92 Å². The van der Waals surface area contributed by atoms with Crippen molar-refractivity contribution in [2.45, 2.75) is 71.1 Å². The highest BCUT2D eigenvalue weighted by atomic mass is 16.6. The van der Waals surface area contributed by atoms with E-state index in [4.69, 9.17) is 18.6 Å². The molecule has 2 aromatic rings. The first kappa shape index (κ1) is 22.7. The first-order valence-electron chi connectivity index (χ1n) is 11.6. The van der Waals surface area contributed by atoms with Gasteiger partial charge in [0.2, 0.25) is 0 Å². The van der Waals surface area contributed by atoms with E-state index in [0.29, 0.717) is 12.6 Å². The lowest BCUT2D eigenvalue weighted by molar-refractivity contribution is 0.0179. The number of carbonyl (C=O) groups excluding carboxylic acids is 1. The van der Waals surface area contributed by atoms with Gasteiger partial charge in [0, 0.05) is 19.2 Å². The van der Waals surface area contributed by atoms with Crippen molar-refractivity contribution in [3.63, 3.8) is 0 Å². The second-order valence-corrected chi connectivity index (χ2v) is 9.95. The summed E-state index contributed by atoms with van der Waals surface area (Å²) in [6.45, 7) is 10.3. The number of alkyl carbamates (subject to hydrolysis) is 1. The lowest BCUT2D eigenvalue weighted by Gasteiger charge is -2.31. The predicted octanol–water partition coefficient (Wildman–Crippen LogP) is 4.52. The minimum Gasteiger partial charge on any atom is -0.493 e. The first-order valence-corrected chi connectivity index (χ1v) is 11.6. The molecule has 2 aliphatic rings. The van der Waals surface area contributed by atoms with E-state index in [-0.39, 0.29) is 12.1 Å². The zero-order valence-corrected chi connectivity index (χ0v) is 19.6. The summed E-state index contributed by atoms with van der Waals surface area (Å²) in [5.41, 5.74) is 1.10. The van der Waals surface area contributed by atoms with Gasteiger partial charge < -0.3 is 28.8 Å². The first-order chi connectivity index (χ1) is 15.2. The molecule has 0 spiro atoms. The van der Waals surface area contributed by atoms with Crippen LogP contribution in [-0.2, 0) is 9.47 Å². The molecule has 1 N–H and O–H groups in total. The number of amides is 1. The van der Waals surface area contributed by atoms with E-state index in [0.717, 1.165) is 55.3 Å². The van der Waals surface area contributed by atoms with Crippen LogP contribution < -0.4 is 15.0 Å². The van der Waals surface area contributed by atoms with Gasteiger partial charge in [-0.1, -0.05) is 0 Å². The van der Waals surface area contributed by atoms with Crippen LogP contribution >= 0.6 is 0 Å². The second kappa shape index (κ2) is 9.57. The van der Waals surface area contributed by atoms with Crippen LogP contribution in [0.1, 0.15) is 53.4 Å². The molecule has 1 aromatic heterocycles. The average Bonchev–Trinajstić information content (AvgIpc) is 3.46. The fourth-order valence-electron chi connectivity index (χ4n) is 3.66. The van der Waals surface area contributed by atoms with E-state index in [1.807, 2.05) is 45.9 Å². The number of fused-ring (bicyclic) bond motifs is 1. The number of rotatable bonds is 8. The molecule has 32 heavy (non-hydrogen) atoms. The molecule has 0 unspecified atom stereocenters. The quantitative estimate of drug-likeness (QED) is 0.639. The number of oxazole rings is 1. The fourth-order valence-corrected chi connectivity index (χ4v) is 3.66. The van der Waals surface area contributed by atoms with Crippen molar-refractivity contribution in [2.75, 3.05) is 31.2 Å². The zero-order chi connectivity index (χ0) is 22.7. The summed E-state index contributed by atoms with van der Waals surface area (Å²) < 4.78 is 23.2. The molecule has 1 atom stereocenters. The number of ether oxygens (including phenoxy) is 3. The lowest BCUT2D eigenvalue weighted by Crippen LogP contribution is -2.42. The molecule has 2 fully saturated rings. The van der Waals surface area contributed by atoms with Gasteiger partial charge in [0.05, 0.1) is 25.4 Å². The van der Waals surface area contributed by atoms with Gasteiger partial charge in [-0.2, -0.15) is 4.98 Å². The monoisotopic (exact) mass is 445 g/mol. The lowest BCUT2D eigenvalue weighted by atomic mass is 10.1. The average molecular weight is 446 g/mol. The van der Waals surface area contributed by atoms with Gasteiger partial charge in [0.25, 0.3) is 6.01 Å². The molecule has 1 amide bonds. The van der Waals surface area contributed by atoms with E-state index in [2.05, 4.69) is 15.2 Å². The van der Waals surface area contributed by atoms with Crippen LogP contribution in [0.5, 0.6) is 5.75 Å². The highest BCUT2D eigenvalue weighted by Gasteiger charge is 2.25. The van der Waals surface area contributed by atoms with E-state index >= 15 is 0 Å². The summed E-state index contributed by atoms with van der Waals surface area (Å²) in [6, 6.07) is 6.39. The third-order valence-electron chi connectivity index (χ3n) is 5.59. The Balaban J connectivity index is 1.22. The number of anilines is 1. The van der Waals surface area contributed by atoms with Crippen LogP contribution in [0, 0.1) is 5.92 Å². The molecule has 8 nitrogen and oxygen atoms in total. The van der Waals surface area contributed by atoms with Gasteiger partial charge in [-0.25, -0.2) is 4.79 Å². The minimum absolute atomic E-state index is 0.115. The van der Waals surface area contributed by atoms with E-state index in [1.165, 1.54) is 12.8 Å². The van der Waals surface area contributed by atoms with Crippen molar-refractivity contribution in [1.29, 1.82) is 0 Å². The molecule has 1 saturated heterocycles. The molecular weight excluding hydrogens is 410 g/mol. The maximum atomic E-state index is 11.9. The van der Waals surface area contributed by atoms with Gasteiger partial charge in [0.15, 0.2) is 5.58 Å². The van der Waals surface area contributed by atoms with Crippen LogP contribution in [0.25, 0.3) is 11.1 Å². The molecule has 1 aromatic carbocycles. The number of piperidine rings is 1. The van der Waals surface area contributed by atoms with E-state index in [1.54, 1.807) is 0 Å². The molecule has 0 bridgehead atoms. The van der Waals surface area contributed by atoms with Crippen molar-refractivity contribution in [1.82, 2.24) is 10.3 Å². The zero-order valence-electron chi connectivity index (χ0n) is 19.6. The van der Waals surface area contributed by atoms with Crippen molar-refractivity contribution < 1.29 is 23.4 Å². The van der Waals surface area contributed by atoms with Gasteiger partial charge in [-0.3, -0.25) is 0 Å². The van der Waals surface area contributed by atoms with Crippen LogP contribution in [0.2, 0.25) is 0 Å². The standard InChI is InChI=1S/C24H35N3O5/c1-16(25-23(28)32-24(2,3)4)14-29-18-9-11-27(12-10-18)22-26-20-8-7-19(13-21(20)31-22)30-15-17-5-6-17/h7-8,13,16-18H,5-6,9-12,14-15H2,1-4H3,(H,25,28)/t16-/m0/s1. The van der Waals surface area contributed by atoms with Crippen LogP contribution in [0.15, 0.2) is 22.6 Å². The molecule has 1 aliphatic carbocycles. The van der Waals surface area contributed by atoms with Gasteiger partial charge in [0.1, 0.15) is 16.9 Å². The predicted molar refractivity (Wildman–Crippen MR) is 122 cm³/mol. The summed E-state index contributed by atoms with van der Waals surface area (Å²) >= 11 is 0. The molecular formula is C24H35N3O5. The number of hydrogen-bond acceptors (Lipinski definition) is 7. The maximum absolute atomic E-state index is 11.9. The number of hydrogen-bond donors (Lipinski definition) is 1. The summed E-state index contributed by atoms with van der Waals surface area (Å²) in [5.74, 6) is 1.56. The van der Waals surface area contributed by atoms with E-state index in [9.17, 15) is 4.79 Å². The number of nitrogens with one attached hydrogen (secondary N) is 1. The van der Waals surface area contributed by atoms with E-state index < -0.39 is 11.7 Å². The summed E-state index contributed by atoms with van der Waals surface area (Å²) in [5, 5.41) is 2.82. The Kier molecular flexibility index (Phi) is 6.79. The third kappa shape index (κ3) is 6.51. The van der Waals surface area contributed by atoms with Crippen molar-refractivity contribution in [3.05, 3.63) is 18.2 Å². The Morgan fingerprint density at radius 2 is 2.00 bits per heavy atom. The Morgan fingerprint density at radius 1 is 1.25 bits per heavy atom. The highest BCUT2D eigenvalue weighted by Crippen LogP contribution is 2.31. The highest BCUT2D eigenvalue weighted by molar-refractivity contribution is 5.76. The fraction of sp³-hybridized carbons (Fsp3) is 0.667. The maximum Gasteiger partial charge on any atom is 0.407 e. The van der Waals surface area contributed by atoms with Crippen LogP contribution in [0.3, 0.4) is 0 Å². The topological polar surface area (TPSA) is 86.1 Å². The minimum atomic E-state index is -0.507. The van der Waals surface area contributed by atoms with Gasteiger partial charge >= 0.3 is 6.09 Å². The molecule has 1 aliphatic heterocycles. The largest absolute Gasteiger partial charge is 0.493 e. The molecule has 8 heteroatoms. The normalized spacial score (nSPS) is 18.6.